The van der Waals surface area contributed by atoms with Crippen LogP contribution in [0.2, 0.25) is 0 Å². The van der Waals surface area contributed by atoms with Gasteiger partial charge in [-0.2, -0.15) is 0 Å². The van der Waals surface area contributed by atoms with Crippen LogP contribution < -0.4 is 10.6 Å². The van der Waals surface area contributed by atoms with Gasteiger partial charge < -0.3 is 10.6 Å². The van der Waals surface area contributed by atoms with Crippen LogP contribution in [0, 0.1) is 5.92 Å². The minimum atomic E-state index is -0.190. The Hall–Kier alpha value is -1.95. The number of nitrogens with zero attached hydrogens (tertiary/aromatic N) is 2. The average Bonchev–Trinajstić information content (AvgIpc) is 2.47. The molecular formula is C15H17BrN4O. The van der Waals surface area contributed by atoms with Crippen molar-refractivity contribution in [2.75, 3.05) is 11.9 Å². The molecule has 110 valence electrons. The van der Waals surface area contributed by atoms with Crippen LogP contribution in [-0.2, 0) is 0 Å². The maximum Gasteiger partial charge on any atom is 0.270 e. The highest BCUT2D eigenvalue weighted by molar-refractivity contribution is 9.10. The average molecular weight is 349 g/mol. The van der Waals surface area contributed by atoms with Crippen LogP contribution in [0.1, 0.15) is 24.3 Å². The van der Waals surface area contributed by atoms with E-state index in [1.54, 1.807) is 12.3 Å². The van der Waals surface area contributed by atoms with Gasteiger partial charge in [0, 0.05) is 22.9 Å². The number of carbonyl (C=O) groups excluding carboxylic acids is 1. The van der Waals surface area contributed by atoms with Crippen molar-refractivity contribution in [2.24, 2.45) is 5.92 Å². The lowest BCUT2D eigenvalue weighted by molar-refractivity contribution is 0.0944. The molecule has 0 saturated heterocycles. The first kappa shape index (κ1) is 15.4. The number of carbonyl (C=O) groups is 1. The highest BCUT2D eigenvalue weighted by Gasteiger charge is 2.09. The molecular weight excluding hydrogens is 332 g/mol. The summed E-state index contributed by atoms with van der Waals surface area (Å²) in [5.41, 5.74) is 1.21. The van der Waals surface area contributed by atoms with E-state index in [9.17, 15) is 4.79 Å². The third-order valence-electron chi connectivity index (χ3n) is 2.66. The summed E-state index contributed by atoms with van der Waals surface area (Å²) >= 11 is 3.38. The molecule has 0 unspecified atom stereocenters. The first-order chi connectivity index (χ1) is 10.0. The molecule has 0 spiro atoms. The van der Waals surface area contributed by atoms with Gasteiger partial charge in [0.25, 0.3) is 5.91 Å². The molecule has 2 N–H and O–H groups in total. The van der Waals surface area contributed by atoms with E-state index >= 15 is 0 Å². The number of nitrogens with one attached hydrogen (secondary N) is 2. The monoisotopic (exact) mass is 348 g/mol. The third-order valence-corrected chi connectivity index (χ3v) is 3.19. The predicted molar refractivity (Wildman–Crippen MR) is 86.6 cm³/mol. The van der Waals surface area contributed by atoms with Gasteiger partial charge in [0.2, 0.25) is 5.95 Å². The first-order valence-electron chi connectivity index (χ1n) is 6.68. The normalized spacial score (nSPS) is 10.5. The van der Waals surface area contributed by atoms with Crippen LogP contribution in [-0.4, -0.2) is 22.4 Å². The fraction of sp³-hybridized carbons (Fsp3) is 0.267. The van der Waals surface area contributed by atoms with Gasteiger partial charge in [-0.15, -0.1) is 0 Å². The Labute approximate surface area is 132 Å². The molecule has 2 aromatic rings. The summed E-state index contributed by atoms with van der Waals surface area (Å²) in [6, 6.07) is 9.24. The second-order valence-corrected chi connectivity index (χ2v) is 5.92. The second-order valence-electron chi connectivity index (χ2n) is 5.00. The maximum atomic E-state index is 12.0. The first-order valence-corrected chi connectivity index (χ1v) is 7.48. The minimum Gasteiger partial charge on any atom is -0.350 e. The summed E-state index contributed by atoms with van der Waals surface area (Å²) in [5.74, 6) is 0.607. The van der Waals surface area contributed by atoms with Gasteiger partial charge in [-0.05, 0) is 36.2 Å². The quantitative estimate of drug-likeness (QED) is 0.869. The summed E-state index contributed by atoms with van der Waals surface area (Å²) in [4.78, 5) is 20.3. The largest absolute Gasteiger partial charge is 0.350 e. The molecule has 0 fully saturated rings. The van der Waals surface area contributed by atoms with Crippen LogP contribution in [0.15, 0.2) is 41.0 Å². The fourth-order valence-electron chi connectivity index (χ4n) is 1.60. The smallest absolute Gasteiger partial charge is 0.270 e. The van der Waals surface area contributed by atoms with Crippen LogP contribution in [0.5, 0.6) is 0 Å². The number of halogens is 1. The zero-order valence-corrected chi connectivity index (χ0v) is 13.5. The van der Waals surface area contributed by atoms with Crippen molar-refractivity contribution in [1.29, 1.82) is 0 Å². The molecule has 2 rings (SSSR count). The molecule has 1 heterocycles. The number of aromatic nitrogens is 2. The van der Waals surface area contributed by atoms with E-state index in [2.05, 4.69) is 36.5 Å². The number of anilines is 2. The maximum absolute atomic E-state index is 12.0. The lowest BCUT2D eigenvalue weighted by Crippen LogP contribution is -2.28. The molecule has 0 aliphatic rings. The van der Waals surface area contributed by atoms with Crippen molar-refractivity contribution in [1.82, 2.24) is 15.3 Å². The van der Waals surface area contributed by atoms with Crippen molar-refractivity contribution in [3.63, 3.8) is 0 Å². The molecule has 0 saturated carbocycles. The van der Waals surface area contributed by atoms with Crippen molar-refractivity contribution in [2.45, 2.75) is 13.8 Å². The van der Waals surface area contributed by atoms with Gasteiger partial charge in [0.1, 0.15) is 5.69 Å². The molecule has 0 aliphatic heterocycles. The number of amides is 1. The molecule has 6 heteroatoms. The Kier molecular flexibility index (Phi) is 5.27. The Bertz CT molecular complexity index is 613. The topological polar surface area (TPSA) is 66.9 Å². The molecule has 21 heavy (non-hydrogen) atoms. The van der Waals surface area contributed by atoms with Gasteiger partial charge in [-0.25, -0.2) is 9.97 Å². The minimum absolute atomic E-state index is 0.190. The molecule has 1 amide bonds. The van der Waals surface area contributed by atoms with E-state index in [1.165, 1.54) is 0 Å². The lowest BCUT2D eigenvalue weighted by atomic mass is 10.2. The highest BCUT2D eigenvalue weighted by Crippen LogP contribution is 2.16. The molecule has 5 nitrogen and oxygen atoms in total. The summed E-state index contributed by atoms with van der Waals surface area (Å²) in [6.45, 7) is 4.71. The van der Waals surface area contributed by atoms with Crippen LogP contribution in [0.4, 0.5) is 11.6 Å². The summed E-state index contributed by atoms with van der Waals surface area (Å²) in [7, 11) is 0. The van der Waals surface area contributed by atoms with E-state index in [4.69, 9.17) is 0 Å². The SMILES string of the molecule is CC(C)CNC(=O)c1ccnc(Nc2ccc(Br)cc2)n1. The molecule has 0 aliphatic carbocycles. The summed E-state index contributed by atoms with van der Waals surface area (Å²) < 4.78 is 0.996. The van der Waals surface area contributed by atoms with Gasteiger partial charge in [0.15, 0.2) is 0 Å². The number of hydrogen-bond donors (Lipinski definition) is 2. The standard InChI is InChI=1S/C15H17BrN4O/c1-10(2)9-18-14(21)13-7-8-17-15(20-13)19-12-5-3-11(16)4-6-12/h3-8,10H,9H2,1-2H3,(H,18,21)(H,17,19,20). The van der Waals surface area contributed by atoms with Gasteiger partial charge in [-0.1, -0.05) is 29.8 Å². The molecule has 0 radical (unpaired) electrons. The van der Waals surface area contributed by atoms with Gasteiger partial charge in [-0.3, -0.25) is 4.79 Å². The fourth-order valence-corrected chi connectivity index (χ4v) is 1.86. The van der Waals surface area contributed by atoms with Gasteiger partial charge in [0.05, 0.1) is 0 Å². The van der Waals surface area contributed by atoms with E-state index in [0.29, 0.717) is 24.1 Å². The summed E-state index contributed by atoms with van der Waals surface area (Å²) in [6.07, 6.45) is 1.57. The third kappa shape index (κ3) is 4.82. The van der Waals surface area contributed by atoms with Crippen LogP contribution in [0.25, 0.3) is 0 Å². The highest BCUT2D eigenvalue weighted by atomic mass is 79.9. The Morgan fingerprint density at radius 1 is 1.24 bits per heavy atom. The number of rotatable bonds is 5. The Morgan fingerprint density at radius 3 is 2.62 bits per heavy atom. The van der Waals surface area contributed by atoms with Gasteiger partial charge >= 0.3 is 0 Å². The van der Waals surface area contributed by atoms with E-state index < -0.39 is 0 Å². The van der Waals surface area contributed by atoms with Crippen LogP contribution in [0.3, 0.4) is 0 Å². The number of benzene rings is 1. The van der Waals surface area contributed by atoms with Crippen LogP contribution >= 0.6 is 15.9 Å². The zero-order valence-electron chi connectivity index (χ0n) is 11.9. The van der Waals surface area contributed by atoms with Crippen molar-refractivity contribution >= 4 is 33.5 Å². The van der Waals surface area contributed by atoms with E-state index in [-0.39, 0.29) is 5.91 Å². The Morgan fingerprint density at radius 2 is 1.95 bits per heavy atom. The number of hydrogen-bond acceptors (Lipinski definition) is 4. The zero-order chi connectivity index (χ0) is 15.2. The van der Waals surface area contributed by atoms with E-state index in [0.717, 1.165) is 10.2 Å². The molecule has 0 bridgehead atoms. The summed E-state index contributed by atoms with van der Waals surface area (Å²) in [5, 5.41) is 5.90. The molecule has 0 atom stereocenters. The van der Waals surface area contributed by atoms with Crippen molar-refractivity contribution in [3.05, 3.63) is 46.7 Å². The lowest BCUT2D eigenvalue weighted by Gasteiger charge is -2.08. The van der Waals surface area contributed by atoms with Crippen molar-refractivity contribution < 1.29 is 4.79 Å². The van der Waals surface area contributed by atoms with Crippen molar-refractivity contribution in [3.8, 4) is 0 Å². The predicted octanol–water partition coefficient (Wildman–Crippen LogP) is 3.37. The molecule has 1 aromatic heterocycles. The molecule has 1 aromatic carbocycles. The van der Waals surface area contributed by atoms with E-state index in [1.807, 2.05) is 38.1 Å². The Balaban J connectivity index is 2.06. The second kappa shape index (κ2) is 7.17.